The highest BCUT2D eigenvalue weighted by Gasteiger charge is 2.30. The molecule has 2 N–H and O–H groups in total. The lowest BCUT2D eigenvalue weighted by Crippen LogP contribution is -2.27. The molecule has 19 heavy (non-hydrogen) atoms. The topological polar surface area (TPSA) is 93.0 Å². The second-order valence-corrected chi connectivity index (χ2v) is 6.37. The molecule has 0 saturated carbocycles. The molecular weight excluding hydrogens is 266 g/mol. The summed E-state index contributed by atoms with van der Waals surface area (Å²) < 4.78 is 0.124. The number of hydrogen-bond donors (Lipinski definition) is 2. The Balaban J connectivity index is 2.15. The number of anilines is 2. The van der Waals surface area contributed by atoms with Crippen molar-refractivity contribution in [1.82, 2.24) is 9.97 Å². The predicted octanol–water partition coefficient (Wildman–Crippen LogP) is 2.12. The zero-order valence-electron chi connectivity index (χ0n) is 11.0. The van der Waals surface area contributed by atoms with Crippen LogP contribution in [0.15, 0.2) is 6.20 Å². The van der Waals surface area contributed by atoms with Crippen LogP contribution < -0.4 is 10.6 Å². The molecular formula is C11H17N5O2S. The van der Waals surface area contributed by atoms with E-state index in [0.29, 0.717) is 12.5 Å². The van der Waals surface area contributed by atoms with E-state index in [1.807, 2.05) is 11.8 Å². The number of thioether (sulfide) groups is 1. The summed E-state index contributed by atoms with van der Waals surface area (Å²) in [4.78, 5) is 18.5. The standard InChI is InChI=1S/C11H17N5O2S/c1-11(4-3-5-19-11)7-14-9-8(16(17)18)6-13-10(12-2)15-9/h6H,3-5,7H2,1-2H3,(H2,12,13,14,15). The van der Waals surface area contributed by atoms with E-state index in [-0.39, 0.29) is 16.3 Å². The lowest BCUT2D eigenvalue weighted by Gasteiger charge is -2.23. The Morgan fingerprint density at radius 3 is 3.00 bits per heavy atom. The Kier molecular flexibility index (Phi) is 4.08. The van der Waals surface area contributed by atoms with E-state index >= 15 is 0 Å². The van der Waals surface area contributed by atoms with Crippen molar-refractivity contribution in [3.8, 4) is 0 Å². The lowest BCUT2D eigenvalue weighted by molar-refractivity contribution is -0.384. The van der Waals surface area contributed by atoms with Gasteiger partial charge in [-0.25, -0.2) is 4.98 Å². The molecule has 1 aliphatic heterocycles. The van der Waals surface area contributed by atoms with Gasteiger partial charge in [0.15, 0.2) is 0 Å². The van der Waals surface area contributed by atoms with Crippen LogP contribution in [0.3, 0.4) is 0 Å². The average Bonchev–Trinajstić information content (AvgIpc) is 2.83. The Labute approximate surface area is 115 Å². The summed E-state index contributed by atoms with van der Waals surface area (Å²) in [5.74, 6) is 1.79. The molecule has 1 unspecified atom stereocenters. The number of nitrogens with one attached hydrogen (secondary N) is 2. The van der Waals surface area contributed by atoms with E-state index < -0.39 is 4.92 Å². The second kappa shape index (κ2) is 5.60. The van der Waals surface area contributed by atoms with Crippen LogP contribution in [0.5, 0.6) is 0 Å². The van der Waals surface area contributed by atoms with Gasteiger partial charge < -0.3 is 10.6 Å². The van der Waals surface area contributed by atoms with E-state index in [1.165, 1.54) is 12.6 Å². The van der Waals surface area contributed by atoms with Crippen LogP contribution in [0.25, 0.3) is 0 Å². The van der Waals surface area contributed by atoms with Gasteiger partial charge in [0.2, 0.25) is 11.8 Å². The van der Waals surface area contributed by atoms with Crippen LogP contribution >= 0.6 is 11.8 Å². The molecule has 0 aliphatic carbocycles. The van der Waals surface area contributed by atoms with Crippen molar-refractivity contribution in [3.05, 3.63) is 16.3 Å². The number of hydrogen-bond acceptors (Lipinski definition) is 7. The van der Waals surface area contributed by atoms with Gasteiger partial charge in [-0.1, -0.05) is 0 Å². The third-order valence-corrected chi connectivity index (χ3v) is 4.66. The summed E-state index contributed by atoms with van der Waals surface area (Å²) in [6.45, 7) is 2.84. The van der Waals surface area contributed by atoms with Crippen LogP contribution in [0, 0.1) is 10.1 Å². The molecule has 1 aliphatic rings. The minimum atomic E-state index is -0.466. The van der Waals surface area contributed by atoms with Crippen LogP contribution in [0.1, 0.15) is 19.8 Å². The number of aromatic nitrogens is 2. The van der Waals surface area contributed by atoms with E-state index in [1.54, 1.807) is 7.05 Å². The smallest absolute Gasteiger partial charge is 0.329 e. The first-order valence-electron chi connectivity index (χ1n) is 6.11. The summed E-state index contributed by atoms with van der Waals surface area (Å²) in [6, 6.07) is 0. The Morgan fingerprint density at radius 1 is 1.63 bits per heavy atom. The van der Waals surface area contributed by atoms with Crippen LogP contribution in [0.2, 0.25) is 0 Å². The molecule has 1 saturated heterocycles. The Morgan fingerprint density at radius 2 is 2.42 bits per heavy atom. The molecule has 7 nitrogen and oxygen atoms in total. The van der Waals surface area contributed by atoms with Gasteiger partial charge in [-0.3, -0.25) is 10.1 Å². The molecule has 0 bridgehead atoms. The third-order valence-electron chi connectivity index (χ3n) is 3.12. The molecule has 0 spiro atoms. The van der Waals surface area contributed by atoms with E-state index in [9.17, 15) is 10.1 Å². The van der Waals surface area contributed by atoms with Crippen LogP contribution in [-0.2, 0) is 0 Å². The molecule has 1 aromatic rings. The Bertz CT molecular complexity index is 476. The van der Waals surface area contributed by atoms with Crippen molar-refractivity contribution < 1.29 is 4.92 Å². The summed E-state index contributed by atoms with van der Waals surface area (Å²) in [7, 11) is 1.68. The second-order valence-electron chi connectivity index (χ2n) is 4.69. The fraction of sp³-hybridized carbons (Fsp3) is 0.636. The highest BCUT2D eigenvalue weighted by Crippen LogP contribution is 2.38. The first kappa shape index (κ1) is 13.9. The quantitative estimate of drug-likeness (QED) is 0.631. The monoisotopic (exact) mass is 283 g/mol. The van der Waals surface area contributed by atoms with Gasteiger partial charge in [-0.2, -0.15) is 16.7 Å². The molecule has 1 fully saturated rings. The third kappa shape index (κ3) is 3.25. The van der Waals surface area contributed by atoms with Crippen LogP contribution in [-0.4, -0.2) is 39.0 Å². The molecule has 0 aromatic carbocycles. The summed E-state index contributed by atoms with van der Waals surface area (Å²) in [5, 5.41) is 16.8. The first-order chi connectivity index (χ1) is 9.04. The first-order valence-corrected chi connectivity index (χ1v) is 7.10. The van der Waals surface area contributed by atoms with Gasteiger partial charge in [0, 0.05) is 18.3 Å². The fourth-order valence-electron chi connectivity index (χ4n) is 2.01. The lowest BCUT2D eigenvalue weighted by atomic mass is 10.1. The zero-order valence-corrected chi connectivity index (χ0v) is 11.8. The normalized spacial score (nSPS) is 22.2. The van der Waals surface area contributed by atoms with Crippen molar-refractivity contribution in [2.75, 3.05) is 30.0 Å². The minimum absolute atomic E-state index is 0.0920. The number of nitro groups is 1. The molecule has 2 heterocycles. The van der Waals surface area contributed by atoms with Crippen molar-refractivity contribution in [2.24, 2.45) is 0 Å². The van der Waals surface area contributed by atoms with Gasteiger partial charge in [0.25, 0.3) is 0 Å². The van der Waals surface area contributed by atoms with E-state index in [0.717, 1.165) is 12.2 Å². The van der Waals surface area contributed by atoms with Crippen molar-refractivity contribution in [1.29, 1.82) is 0 Å². The molecule has 104 valence electrons. The maximum atomic E-state index is 11.0. The van der Waals surface area contributed by atoms with Crippen molar-refractivity contribution in [2.45, 2.75) is 24.5 Å². The summed E-state index contributed by atoms with van der Waals surface area (Å²) >= 11 is 1.90. The SMILES string of the molecule is CNc1ncc([N+](=O)[O-])c(NCC2(C)CCCS2)n1. The molecule has 1 aromatic heterocycles. The van der Waals surface area contributed by atoms with Gasteiger partial charge in [-0.15, -0.1) is 0 Å². The molecule has 1 atom stereocenters. The van der Waals surface area contributed by atoms with Gasteiger partial charge in [0.1, 0.15) is 6.20 Å². The minimum Gasteiger partial charge on any atom is -0.363 e. The Hall–Kier alpha value is -1.57. The van der Waals surface area contributed by atoms with Gasteiger partial charge in [-0.05, 0) is 25.5 Å². The molecule has 2 rings (SSSR count). The zero-order chi connectivity index (χ0) is 13.9. The fourth-order valence-corrected chi connectivity index (χ4v) is 3.25. The maximum absolute atomic E-state index is 11.0. The number of nitrogens with zero attached hydrogens (tertiary/aromatic N) is 3. The highest BCUT2D eigenvalue weighted by molar-refractivity contribution is 8.00. The largest absolute Gasteiger partial charge is 0.363 e. The van der Waals surface area contributed by atoms with E-state index in [4.69, 9.17) is 0 Å². The number of rotatable bonds is 5. The van der Waals surface area contributed by atoms with Crippen LogP contribution in [0.4, 0.5) is 17.5 Å². The van der Waals surface area contributed by atoms with Gasteiger partial charge >= 0.3 is 5.69 Å². The molecule has 8 heteroatoms. The van der Waals surface area contributed by atoms with Gasteiger partial charge in [0.05, 0.1) is 4.92 Å². The highest BCUT2D eigenvalue weighted by atomic mass is 32.2. The van der Waals surface area contributed by atoms with Crippen molar-refractivity contribution in [3.63, 3.8) is 0 Å². The summed E-state index contributed by atoms with van der Waals surface area (Å²) in [6.07, 6.45) is 3.53. The molecule has 0 amide bonds. The predicted molar refractivity (Wildman–Crippen MR) is 76.8 cm³/mol. The summed E-state index contributed by atoms with van der Waals surface area (Å²) in [5.41, 5.74) is -0.0920. The molecule has 0 radical (unpaired) electrons. The average molecular weight is 283 g/mol. The van der Waals surface area contributed by atoms with Crippen molar-refractivity contribution >= 4 is 29.2 Å². The van der Waals surface area contributed by atoms with E-state index in [2.05, 4.69) is 27.5 Å². The maximum Gasteiger partial charge on any atom is 0.329 e.